The molecular weight excluding hydrogens is 216 g/mol. The van der Waals surface area contributed by atoms with Crippen LogP contribution in [0.2, 0.25) is 5.15 Å². The molecule has 0 amide bonds. The Morgan fingerprint density at radius 3 is 3.07 bits per heavy atom. The van der Waals surface area contributed by atoms with Gasteiger partial charge in [-0.15, -0.1) is 0 Å². The second kappa shape index (κ2) is 3.74. The molecule has 0 saturated carbocycles. The van der Waals surface area contributed by atoms with Crippen molar-refractivity contribution in [2.24, 2.45) is 0 Å². The maximum atomic E-state index is 10.4. The van der Waals surface area contributed by atoms with Crippen molar-refractivity contribution in [3.63, 3.8) is 0 Å². The summed E-state index contributed by atoms with van der Waals surface area (Å²) in [6, 6.07) is 5.45. The van der Waals surface area contributed by atoms with Gasteiger partial charge in [-0.25, -0.2) is 9.78 Å². The Morgan fingerprint density at radius 1 is 1.53 bits per heavy atom. The summed E-state index contributed by atoms with van der Waals surface area (Å²) in [5.74, 6) is -1.02. The standard InChI is InChI=1S/C10H7ClN2O2/c11-10-7(4-5-9(14)15)13-6-2-1-3-8(13)12-10/h1-6H,(H,14,15). The average Bonchev–Trinajstić information content (AvgIpc) is 2.50. The molecule has 0 saturated heterocycles. The summed E-state index contributed by atoms with van der Waals surface area (Å²) in [5.41, 5.74) is 1.25. The molecule has 0 fully saturated rings. The number of nitrogens with zero attached hydrogens (tertiary/aromatic N) is 2. The highest BCUT2D eigenvalue weighted by atomic mass is 35.5. The molecule has 15 heavy (non-hydrogen) atoms. The molecule has 1 N–H and O–H groups in total. The van der Waals surface area contributed by atoms with Crippen molar-refractivity contribution in [3.8, 4) is 0 Å². The number of hydrogen-bond donors (Lipinski definition) is 1. The van der Waals surface area contributed by atoms with E-state index in [2.05, 4.69) is 4.98 Å². The molecule has 0 atom stereocenters. The van der Waals surface area contributed by atoms with Crippen molar-refractivity contribution < 1.29 is 9.90 Å². The first-order valence-electron chi connectivity index (χ1n) is 4.22. The number of carbonyl (C=O) groups is 1. The third-order valence-electron chi connectivity index (χ3n) is 1.91. The summed E-state index contributed by atoms with van der Waals surface area (Å²) in [6.07, 6.45) is 4.22. The molecule has 2 aromatic heterocycles. The first kappa shape index (κ1) is 9.73. The van der Waals surface area contributed by atoms with Gasteiger partial charge in [0.15, 0.2) is 5.15 Å². The first-order chi connectivity index (χ1) is 7.18. The van der Waals surface area contributed by atoms with Gasteiger partial charge in [0.05, 0.1) is 5.69 Å². The van der Waals surface area contributed by atoms with Gasteiger partial charge in [0.2, 0.25) is 0 Å². The van der Waals surface area contributed by atoms with Crippen molar-refractivity contribution in [3.05, 3.63) is 41.3 Å². The van der Waals surface area contributed by atoms with E-state index >= 15 is 0 Å². The van der Waals surface area contributed by atoms with Crippen LogP contribution in [0.25, 0.3) is 11.7 Å². The number of rotatable bonds is 2. The molecule has 0 aromatic carbocycles. The van der Waals surface area contributed by atoms with E-state index in [0.29, 0.717) is 16.5 Å². The number of pyridine rings is 1. The summed E-state index contributed by atoms with van der Waals surface area (Å²) in [4.78, 5) is 14.5. The third-order valence-corrected chi connectivity index (χ3v) is 2.18. The third kappa shape index (κ3) is 1.85. The van der Waals surface area contributed by atoms with Gasteiger partial charge in [-0.3, -0.25) is 4.40 Å². The highest BCUT2D eigenvalue weighted by Crippen LogP contribution is 2.18. The fourth-order valence-corrected chi connectivity index (χ4v) is 1.53. The highest BCUT2D eigenvalue weighted by molar-refractivity contribution is 6.31. The molecule has 76 valence electrons. The summed E-state index contributed by atoms with van der Waals surface area (Å²) >= 11 is 5.87. The topological polar surface area (TPSA) is 54.6 Å². The molecule has 2 aromatic rings. The molecular formula is C10H7ClN2O2. The van der Waals surface area contributed by atoms with E-state index in [1.807, 2.05) is 12.1 Å². The number of carboxylic acid groups (broad SMARTS) is 1. The molecule has 2 heterocycles. The molecule has 0 radical (unpaired) electrons. The van der Waals surface area contributed by atoms with Crippen molar-refractivity contribution in [1.82, 2.24) is 9.38 Å². The predicted octanol–water partition coefficient (Wildman–Crippen LogP) is 2.09. The maximum absolute atomic E-state index is 10.4. The summed E-state index contributed by atoms with van der Waals surface area (Å²) in [5, 5.41) is 8.81. The first-order valence-corrected chi connectivity index (χ1v) is 4.60. The van der Waals surface area contributed by atoms with Crippen LogP contribution in [0.5, 0.6) is 0 Å². The lowest BCUT2D eigenvalue weighted by Gasteiger charge is -1.94. The molecule has 2 rings (SSSR count). The Labute approximate surface area is 90.4 Å². The van der Waals surface area contributed by atoms with Crippen LogP contribution < -0.4 is 0 Å². The Bertz CT molecular complexity index is 545. The van der Waals surface area contributed by atoms with E-state index in [0.717, 1.165) is 6.08 Å². The van der Waals surface area contributed by atoms with Crippen LogP contribution in [0.3, 0.4) is 0 Å². The van der Waals surface area contributed by atoms with Gasteiger partial charge in [0, 0.05) is 12.3 Å². The minimum absolute atomic E-state index is 0.290. The van der Waals surface area contributed by atoms with Crippen molar-refractivity contribution in [1.29, 1.82) is 0 Å². The van der Waals surface area contributed by atoms with Gasteiger partial charge in [-0.05, 0) is 18.2 Å². The number of aliphatic carboxylic acids is 1. The van der Waals surface area contributed by atoms with Crippen LogP contribution in [0.15, 0.2) is 30.5 Å². The number of imidazole rings is 1. The quantitative estimate of drug-likeness (QED) is 0.792. The largest absolute Gasteiger partial charge is 0.478 e. The fourth-order valence-electron chi connectivity index (χ4n) is 1.29. The fraction of sp³-hybridized carbons (Fsp3) is 0. The monoisotopic (exact) mass is 222 g/mol. The number of hydrogen-bond acceptors (Lipinski definition) is 2. The minimum Gasteiger partial charge on any atom is -0.478 e. The van der Waals surface area contributed by atoms with E-state index in [1.54, 1.807) is 16.7 Å². The van der Waals surface area contributed by atoms with E-state index in [9.17, 15) is 4.79 Å². The lowest BCUT2D eigenvalue weighted by molar-refractivity contribution is -0.131. The Hall–Kier alpha value is -1.81. The minimum atomic E-state index is -1.02. The van der Waals surface area contributed by atoms with Gasteiger partial charge in [-0.2, -0.15) is 0 Å². The van der Waals surface area contributed by atoms with E-state index in [1.165, 1.54) is 6.08 Å². The number of carboxylic acids is 1. The maximum Gasteiger partial charge on any atom is 0.328 e. The van der Waals surface area contributed by atoms with Crippen LogP contribution in [-0.4, -0.2) is 20.5 Å². The summed E-state index contributed by atoms with van der Waals surface area (Å²) in [7, 11) is 0. The lowest BCUT2D eigenvalue weighted by Crippen LogP contribution is -1.89. The Morgan fingerprint density at radius 2 is 2.33 bits per heavy atom. The molecule has 0 aliphatic rings. The molecule has 4 nitrogen and oxygen atoms in total. The lowest BCUT2D eigenvalue weighted by atomic mass is 10.4. The molecule has 0 spiro atoms. The number of halogens is 1. The molecule has 0 aliphatic heterocycles. The van der Waals surface area contributed by atoms with Gasteiger partial charge >= 0.3 is 5.97 Å². The van der Waals surface area contributed by atoms with E-state index < -0.39 is 5.97 Å². The van der Waals surface area contributed by atoms with E-state index in [4.69, 9.17) is 16.7 Å². The zero-order valence-corrected chi connectivity index (χ0v) is 8.35. The van der Waals surface area contributed by atoms with Crippen LogP contribution in [-0.2, 0) is 4.79 Å². The Kier molecular flexibility index (Phi) is 2.43. The zero-order chi connectivity index (χ0) is 10.8. The number of fused-ring (bicyclic) bond motifs is 1. The van der Waals surface area contributed by atoms with Crippen molar-refractivity contribution in [2.75, 3.05) is 0 Å². The second-order valence-corrected chi connectivity index (χ2v) is 3.25. The van der Waals surface area contributed by atoms with Crippen LogP contribution in [0, 0.1) is 0 Å². The summed E-state index contributed by atoms with van der Waals surface area (Å²) < 4.78 is 1.72. The van der Waals surface area contributed by atoms with Gasteiger partial charge < -0.3 is 5.11 Å². The SMILES string of the molecule is O=C(O)C=Cc1c(Cl)nc2ccccn12. The van der Waals surface area contributed by atoms with Crippen molar-refractivity contribution >= 4 is 29.3 Å². The van der Waals surface area contributed by atoms with E-state index in [-0.39, 0.29) is 0 Å². The van der Waals surface area contributed by atoms with Gasteiger partial charge in [-0.1, -0.05) is 17.7 Å². The van der Waals surface area contributed by atoms with Gasteiger partial charge in [0.1, 0.15) is 5.65 Å². The van der Waals surface area contributed by atoms with Crippen LogP contribution in [0.4, 0.5) is 0 Å². The highest BCUT2D eigenvalue weighted by Gasteiger charge is 2.06. The average molecular weight is 223 g/mol. The molecule has 0 unspecified atom stereocenters. The summed E-state index contributed by atoms with van der Waals surface area (Å²) in [6.45, 7) is 0. The second-order valence-electron chi connectivity index (χ2n) is 2.89. The Balaban J connectivity index is 2.59. The predicted molar refractivity (Wildman–Crippen MR) is 56.9 cm³/mol. The van der Waals surface area contributed by atoms with Crippen LogP contribution >= 0.6 is 11.6 Å². The zero-order valence-electron chi connectivity index (χ0n) is 7.59. The van der Waals surface area contributed by atoms with Crippen molar-refractivity contribution in [2.45, 2.75) is 0 Å². The van der Waals surface area contributed by atoms with Gasteiger partial charge in [0.25, 0.3) is 0 Å². The molecule has 0 bridgehead atoms. The normalized spacial score (nSPS) is 11.3. The van der Waals surface area contributed by atoms with Crippen LogP contribution in [0.1, 0.15) is 5.69 Å². The molecule has 5 heteroatoms. The molecule has 0 aliphatic carbocycles. The number of aromatic nitrogens is 2. The smallest absolute Gasteiger partial charge is 0.328 e.